The molecule has 0 aromatic carbocycles. The number of aromatic nitrogens is 1. The first-order valence-electron chi connectivity index (χ1n) is 9.76. The Labute approximate surface area is 150 Å². The molecule has 2 fully saturated rings. The average Bonchev–Trinajstić information content (AvgIpc) is 2.81. The van der Waals surface area contributed by atoms with Gasteiger partial charge in [0.25, 0.3) is 0 Å². The van der Waals surface area contributed by atoms with Crippen LogP contribution in [-0.2, 0) is 16.0 Å². The van der Waals surface area contributed by atoms with Crippen molar-refractivity contribution in [2.24, 2.45) is 5.92 Å². The Hall–Kier alpha value is -1.78. The summed E-state index contributed by atoms with van der Waals surface area (Å²) in [6.45, 7) is 6.94. The number of carbonyl (C=O) groups is 2. The predicted octanol–water partition coefficient (Wildman–Crippen LogP) is 2.82. The Morgan fingerprint density at radius 1 is 1.00 bits per heavy atom. The smallest absolute Gasteiger partial charge is 0.227 e. The molecule has 2 heterocycles. The summed E-state index contributed by atoms with van der Waals surface area (Å²) in [7, 11) is 0. The summed E-state index contributed by atoms with van der Waals surface area (Å²) in [4.78, 5) is 32.6. The van der Waals surface area contributed by atoms with E-state index in [1.165, 1.54) is 19.3 Å². The second-order valence-corrected chi connectivity index (χ2v) is 7.67. The normalized spacial score (nSPS) is 19.8. The zero-order valence-electron chi connectivity index (χ0n) is 15.6. The van der Waals surface area contributed by atoms with E-state index in [0.717, 1.165) is 49.3 Å². The SMILES string of the molecule is Cc1cc(CC(=O)N2CCCN(C(=O)C3CCCCC3)CC2)c(C)[nH]1. The molecule has 0 spiro atoms. The van der Waals surface area contributed by atoms with Gasteiger partial charge in [-0.05, 0) is 44.7 Å². The van der Waals surface area contributed by atoms with Crippen LogP contribution in [0.15, 0.2) is 6.07 Å². The van der Waals surface area contributed by atoms with Crippen LogP contribution in [-0.4, -0.2) is 52.8 Å². The van der Waals surface area contributed by atoms with Crippen LogP contribution in [0.1, 0.15) is 55.5 Å². The summed E-state index contributed by atoms with van der Waals surface area (Å²) < 4.78 is 0. The fourth-order valence-corrected chi connectivity index (χ4v) is 4.24. The van der Waals surface area contributed by atoms with Crippen LogP contribution < -0.4 is 0 Å². The maximum Gasteiger partial charge on any atom is 0.227 e. The van der Waals surface area contributed by atoms with Gasteiger partial charge < -0.3 is 14.8 Å². The van der Waals surface area contributed by atoms with Gasteiger partial charge in [-0.25, -0.2) is 0 Å². The number of H-pyrrole nitrogens is 1. The molecule has 1 aliphatic heterocycles. The van der Waals surface area contributed by atoms with E-state index < -0.39 is 0 Å². The molecular weight excluding hydrogens is 314 g/mol. The lowest BCUT2D eigenvalue weighted by molar-refractivity contribution is -0.137. The second kappa shape index (κ2) is 8.07. The molecule has 5 nitrogen and oxygen atoms in total. The molecule has 2 aliphatic rings. The summed E-state index contributed by atoms with van der Waals surface area (Å²) in [5, 5.41) is 0. The molecule has 1 N–H and O–H groups in total. The first kappa shape index (κ1) is 18.0. The van der Waals surface area contributed by atoms with E-state index >= 15 is 0 Å². The lowest BCUT2D eigenvalue weighted by Gasteiger charge is -2.28. The van der Waals surface area contributed by atoms with E-state index in [9.17, 15) is 9.59 Å². The van der Waals surface area contributed by atoms with Gasteiger partial charge in [0.1, 0.15) is 0 Å². The molecule has 0 unspecified atom stereocenters. The number of nitrogens with one attached hydrogen (secondary N) is 1. The molecule has 2 amide bonds. The molecule has 1 aromatic heterocycles. The van der Waals surface area contributed by atoms with E-state index in [0.29, 0.717) is 25.4 Å². The molecule has 5 heteroatoms. The molecule has 0 atom stereocenters. The topological polar surface area (TPSA) is 56.4 Å². The predicted molar refractivity (Wildman–Crippen MR) is 98.3 cm³/mol. The van der Waals surface area contributed by atoms with E-state index in [2.05, 4.69) is 11.1 Å². The molecule has 1 aliphatic carbocycles. The fraction of sp³-hybridized carbons (Fsp3) is 0.700. The highest BCUT2D eigenvalue weighted by Gasteiger charge is 2.28. The van der Waals surface area contributed by atoms with Gasteiger partial charge in [0.15, 0.2) is 0 Å². The Morgan fingerprint density at radius 2 is 1.68 bits per heavy atom. The summed E-state index contributed by atoms with van der Waals surface area (Å²) in [5.41, 5.74) is 3.26. The summed E-state index contributed by atoms with van der Waals surface area (Å²) >= 11 is 0. The number of hydrogen-bond acceptors (Lipinski definition) is 2. The second-order valence-electron chi connectivity index (χ2n) is 7.67. The Kier molecular flexibility index (Phi) is 5.82. The zero-order chi connectivity index (χ0) is 17.8. The van der Waals surface area contributed by atoms with Gasteiger partial charge in [0.05, 0.1) is 6.42 Å². The molecule has 1 saturated heterocycles. The quantitative estimate of drug-likeness (QED) is 0.916. The third-order valence-electron chi connectivity index (χ3n) is 5.71. The van der Waals surface area contributed by atoms with Crippen molar-refractivity contribution in [3.05, 3.63) is 23.0 Å². The third-order valence-corrected chi connectivity index (χ3v) is 5.71. The maximum atomic E-state index is 12.7. The van der Waals surface area contributed by atoms with E-state index in [-0.39, 0.29) is 11.8 Å². The van der Waals surface area contributed by atoms with Crippen molar-refractivity contribution in [2.45, 2.75) is 58.8 Å². The van der Waals surface area contributed by atoms with Crippen LogP contribution in [0.5, 0.6) is 0 Å². The minimum atomic E-state index is 0.175. The Balaban J connectivity index is 1.54. The number of nitrogens with zero attached hydrogens (tertiary/aromatic N) is 2. The van der Waals surface area contributed by atoms with Crippen LogP contribution in [0.25, 0.3) is 0 Å². The van der Waals surface area contributed by atoms with Gasteiger partial charge in [0, 0.05) is 43.5 Å². The van der Waals surface area contributed by atoms with E-state index in [1.807, 2.05) is 23.6 Å². The van der Waals surface area contributed by atoms with Crippen molar-refractivity contribution in [3.63, 3.8) is 0 Å². The van der Waals surface area contributed by atoms with Crippen LogP contribution in [0.3, 0.4) is 0 Å². The minimum Gasteiger partial charge on any atom is -0.362 e. The average molecular weight is 345 g/mol. The van der Waals surface area contributed by atoms with Gasteiger partial charge in [-0.1, -0.05) is 19.3 Å². The lowest BCUT2D eigenvalue weighted by atomic mass is 9.88. The standard InChI is InChI=1S/C20H31N3O2/c1-15-13-18(16(2)21-15)14-19(24)22-9-6-10-23(12-11-22)20(25)17-7-4-3-5-8-17/h13,17,21H,3-12,14H2,1-2H3. The summed E-state index contributed by atoms with van der Waals surface area (Å²) in [6.07, 6.45) is 7.06. The first-order valence-corrected chi connectivity index (χ1v) is 9.76. The van der Waals surface area contributed by atoms with Crippen molar-refractivity contribution in [1.82, 2.24) is 14.8 Å². The number of amides is 2. The third kappa shape index (κ3) is 4.44. The molecule has 0 bridgehead atoms. The van der Waals surface area contributed by atoms with Crippen LogP contribution >= 0.6 is 0 Å². The Morgan fingerprint density at radius 3 is 2.36 bits per heavy atom. The van der Waals surface area contributed by atoms with Gasteiger partial charge in [-0.2, -0.15) is 0 Å². The maximum absolute atomic E-state index is 12.7. The van der Waals surface area contributed by atoms with Crippen molar-refractivity contribution in [3.8, 4) is 0 Å². The monoisotopic (exact) mass is 345 g/mol. The number of hydrogen-bond donors (Lipinski definition) is 1. The van der Waals surface area contributed by atoms with Crippen LogP contribution in [0.2, 0.25) is 0 Å². The van der Waals surface area contributed by atoms with Gasteiger partial charge in [-0.15, -0.1) is 0 Å². The van der Waals surface area contributed by atoms with Crippen molar-refractivity contribution < 1.29 is 9.59 Å². The van der Waals surface area contributed by atoms with Gasteiger partial charge in [0.2, 0.25) is 11.8 Å². The zero-order valence-corrected chi connectivity index (χ0v) is 15.6. The first-order chi connectivity index (χ1) is 12.0. The van der Waals surface area contributed by atoms with Gasteiger partial charge >= 0.3 is 0 Å². The van der Waals surface area contributed by atoms with Crippen LogP contribution in [0.4, 0.5) is 0 Å². The molecule has 25 heavy (non-hydrogen) atoms. The summed E-state index contributed by atoms with van der Waals surface area (Å²) in [6, 6.07) is 2.06. The number of rotatable bonds is 3. The highest BCUT2D eigenvalue weighted by atomic mass is 16.2. The molecule has 1 saturated carbocycles. The number of aryl methyl sites for hydroxylation is 2. The number of carbonyl (C=O) groups excluding carboxylic acids is 2. The van der Waals surface area contributed by atoms with Crippen molar-refractivity contribution >= 4 is 11.8 Å². The Bertz CT molecular complexity index is 616. The largest absolute Gasteiger partial charge is 0.362 e. The molecule has 1 aromatic rings. The fourth-order valence-electron chi connectivity index (χ4n) is 4.24. The van der Waals surface area contributed by atoms with Gasteiger partial charge in [-0.3, -0.25) is 9.59 Å². The molecule has 138 valence electrons. The summed E-state index contributed by atoms with van der Waals surface area (Å²) in [5.74, 6) is 0.724. The highest BCUT2D eigenvalue weighted by molar-refractivity contribution is 5.80. The molecule has 3 rings (SSSR count). The minimum absolute atomic E-state index is 0.175. The number of aromatic amines is 1. The van der Waals surface area contributed by atoms with E-state index in [1.54, 1.807) is 0 Å². The molecular formula is C20H31N3O2. The van der Waals surface area contributed by atoms with Crippen molar-refractivity contribution in [1.29, 1.82) is 0 Å². The highest BCUT2D eigenvalue weighted by Crippen LogP contribution is 2.26. The van der Waals surface area contributed by atoms with E-state index in [4.69, 9.17) is 0 Å². The lowest BCUT2D eigenvalue weighted by Crippen LogP contribution is -2.40. The van der Waals surface area contributed by atoms with Crippen LogP contribution in [0, 0.1) is 19.8 Å². The molecule has 0 radical (unpaired) electrons. The van der Waals surface area contributed by atoms with Crippen molar-refractivity contribution in [2.75, 3.05) is 26.2 Å².